The Bertz CT molecular complexity index is 695. The smallest absolute Gasteiger partial charge is 0.303 e. The van der Waals surface area contributed by atoms with Gasteiger partial charge in [-0.2, -0.15) is 0 Å². The molecule has 1 saturated carbocycles. The summed E-state index contributed by atoms with van der Waals surface area (Å²) in [4.78, 5) is 12.7. The Hall–Kier alpha value is -1.18. The lowest BCUT2D eigenvalue weighted by atomic mass is 9.89. The molecule has 5 unspecified atom stereocenters. The van der Waals surface area contributed by atoms with Crippen LogP contribution < -0.4 is 0 Å². The summed E-state index contributed by atoms with van der Waals surface area (Å²) < 4.78 is 0. The number of rotatable bonds is 11. The van der Waals surface area contributed by atoms with E-state index in [1.165, 1.54) is 0 Å². The Balaban J connectivity index is 1.83. The van der Waals surface area contributed by atoms with Crippen molar-refractivity contribution in [3.63, 3.8) is 0 Å². The normalized spacial score (nSPS) is 26.0. The largest absolute Gasteiger partial charge is 0.481 e. The molecule has 1 heterocycles. The number of carbonyl (C=O) groups is 1. The average Bonchev–Trinajstić information content (AvgIpc) is 3.11. The van der Waals surface area contributed by atoms with Gasteiger partial charge in [-0.15, -0.1) is 11.3 Å². The van der Waals surface area contributed by atoms with Crippen LogP contribution in [0.4, 0.5) is 0 Å². The number of aliphatic carboxylic acids is 1. The van der Waals surface area contributed by atoms with Gasteiger partial charge in [0, 0.05) is 28.5 Å². The summed E-state index contributed by atoms with van der Waals surface area (Å²) in [7, 11) is 0. The molecule has 4 N–H and O–H groups in total. The molecule has 0 aromatic carbocycles. The molecule has 1 aromatic rings. The Kier molecular flexibility index (Phi) is 9.86. The van der Waals surface area contributed by atoms with Crippen molar-refractivity contribution in [2.24, 2.45) is 11.8 Å². The fourth-order valence-electron chi connectivity index (χ4n) is 3.73. The minimum absolute atomic E-state index is 0.108. The first kappa shape index (κ1) is 24.1. The first-order valence-electron chi connectivity index (χ1n) is 10.1. The SMILES string of the molecule is Cc1sc(CCC(O)/C=C/C2C(O)CC(O)C2C/C=C/CCCC(=O)O)cc1Cl. The zero-order valence-corrected chi connectivity index (χ0v) is 18.3. The number of carboxylic acids is 1. The van der Waals surface area contributed by atoms with Gasteiger partial charge < -0.3 is 20.4 Å². The fraction of sp³-hybridized carbons (Fsp3) is 0.591. The summed E-state index contributed by atoms with van der Waals surface area (Å²) in [5.74, 6) is -1.11. The third kappa shape index (κ3) is 7.87. The van der Waals surface area contributed by atoms with Gasteiger partial charge in [-0.1, -0.05) is 35.9 Å². The second-order valence-corrected chi connectivity index (χ2v) is 9.46. The van der Waals surface area contributed by atoms with Crippen LogP contribution in [0.3, 0.4) is 0 Å². The van der Waals surface area contributed by atoms with Gasteiger partial charge in [0.05, 0.1) is 23.3 Å². The molecule has 2 rings (SSSR count). The first-order valence-corrected chi connectivity index (χ1v) is 11.3. The lowest BCUT2D eigenvalue weighted by Crippen LogP contribution is -2.20. The molecule has 7 heteroatoms. The van der Waals surface area contributed by atoms with E-state index in [1.807, 2.05) is 31.2 Å². The molecule has 29 heavy (non-hydrogen) atoms. The summed E-state index contributed by atoms with van der Waals surface area (Å²) in [6.07, 6.45) is 9.29. The van der Waals surface area contributed by atoms with Crippen molar-refractivity contribution in [3.05, 3.63) is 45.1 Å². The van der Waals surface area contributed by atoms with Gasteiger partial charge in [0.15, 0.2) is 0 Å². The van der Waals surface area contributed by atoms with Gasteiger partial charge in [0.1, 0.15) is 0 Å². The highest BCUT2D eigenvalue weighted by atomic mass is 35.5. The minimum atomic E-state index is -0.797. The fourth-order valence-corrected chi connectivity index (χ4v) is 4.99. The lowest BCUT2D eigenvalue weighted by Gasteiger charge is -2.19. The van der Waals surface area contributed by atoms with Gasteiger partial charge >= 0.3 is 5.97 Å². The summed E-state index contributed by atoms with van der Waals surface area (Å²) in [5.41, 5.74) is 0. The van der Waals surface area contributed by atoms with Gasteiger partial charge in [-0.05, 0) is 51.0 Å². The number of aliphatic hydroxyl groups excluding tert-OH is 3. The van der Waals surface area contributed by atoms with Crippen molar-refractivity contribution < 1.29 is 25.2 Å². The van der Waals surface area contributed by atoms with Crippen molar-refractivity contribution in [2.75, 3.05) is 0 Å². The molecular weight excluding hydrogens is 412 g/mol. The number of aryl methyl sites for hydroxylation is 2. The number of hydrogen-bond acceptors (Lipinski definition) is 5. The first-order chi connectivity index (χ1) is 13.8. The van der Waals surface area contributed by atoms with E-state index in [4.69, 9.17) is 16.7 Å². The highest BCUT2D eigenvalue weighted by molar-refractivity contribution is 7.12. The zero-order valence-electron chi connectivity index (χ0n) is 16.7. The number of thiophene rings is 1. The van der Waals surface area contributed by atoms with E-state index in [9.17, 15) is 20.1 Å². The van der Waals surface area contributed by atoms with E-state index >= 15 is 0 Å². The van der Waals surface area contributed by atoms with Crippen molar-refractivity contribution in [1.29, 1.82) is 0 Å². The molecule has 1 aliphatic carbocycles. The third-order valence-corrected chi connectivity index (χ3v) is 7.02. The molecule has 162 valence electrons. The molecule has 5 atom stereocenters. The molecule has 0 radical (unpaired) electrons. The van der Waals surface area contributed by atoms with Crippen molar-refractivity contribution in [1.82, 2.24) is 0 Å². The number of carboxylic acid groups (broad SMARTS) is 1. The van der Waals surface area contributed by atoms with E-state index in [1.54, 1.807) is 17.4 Å². The zero-order chi connectivity index (χ0) is 21.4. The molecule has 1 aromatic heterocycles. The maximum atomic E-state index is 10.5. The van der Waals surface area contributed by atoms with Crippen LogP contribution >= 0.6 is 22.9 Å². The standard InChI is InChI=1S/C22H31ClO5S/c1-14-19(23)12-16(29-14)10-8-15(24)9-11-18-17(20(25)13-21(18)26)6-4-2-3-5-7-22(27)28/h2,4,9,11-12,15,17-18,20-21,24-26H,3,5-8,10,13H2,1H3,(H,27,28)/b4-2+,11-9+. The number of hydrogen-bond donors (Lipinski definition) is 4. The number of unbranched alkanes of at least 4 members (excludes halogenated alkanes) is 1. The van der Waals surface area contributed by atoms with Crippen LogP contribution in [0, 0.1) is 18.8 Å². The average molecular weight is 443 g/mol. The van der Waals surface area contributed by atoms with Crippen LogP contribution in [0.5, 0.6) is 0 Å². The van der Waals surface area contributed by atoms with Crippen LogP contribution in [0.2, 0.25) is 5.02 Å². The van der Waals surface area contributed by atoms with Crippen molar-refractivity contribution in [3.8, 4) is 0 Å². The molecule has 5 nitrogen and oxygen atoms in total. The van der Waals surface area contributed by atoms with Crippen LogP contribution in [-0.2, 0) is 11.2 Å². The predicted molar refractivity (Wildman–Crippen MR) is 116 cm³/mol. The number of aliphatic hydroxyl groups is 3. The van der Waals surface area contributed by atoms with Crippen LogP contribution in [0.1, 0.15) is 48.3 Å². The van der Waals surface area contributed by atoms with Crippen LogP contribution in [0.15, 0.2) is 30.4 Å². The van der Waals surface area contributed by atoms with E-state index in [2.05, 4.69) is 0 Å². The highest BCUT2D eigenvalue weighted by Gasteiger charge is 2.39. The van der Waals surface area contributed by atoms with E-state index in [-0.39, 0.29) is 18.3 Å². The van der Waals surface area contributed by atoms with E-state index < -0.39 is 24.3 Å². The molecular formula is C22H31ClO5S. The lowest BCUT2D eigenvalue weighted by molar-refractivity contribution is -0.137. The van der Waals surface area contributed by atoms with Gasteiger partial charge in [0.2, 0.25) is 0 Å². The quantitative estimate of drug-likeness (QED) is 0.305. The minimum Gasteiger partial charge on any atom is -0.481 e. The molecule has 0 saturated heterocycles. The summed E-state index contributed by atoms with van der Waals surface area (Å²) in [6.45, 7) is 1.97. The van der Waals surface area contributed by atoms with Gasteiger partial charge in [0.25, 0.3) is 0 Å². The Morgan fingerprint density at radius 2 is 2.10 bits per heavy atom. The van der Waals surface area contributed by atoms with Gasteiger partial charge in [-0.3, -0.25) is 4.79 Å². The second-order valence-electron chi connectivity index (χ2n) is 7.71. The van der Waals surface area contributed by atoms with Crippen LogP contribution in [0.25, 0.3) is 0 Å². The monoisotopic (exact) mass is 442 g/mol. The maximum Gasteiger partial charge on any atom is 0.303 e. The molecule has 1 aliphatic rings. The molecule has 0 spiro atoms. The third-order valence-electron chi connectivity index (χ3n) is 5.40. The highest BCUT2D eigenvalue weighted by Crippen LogP contribution is 2.36. The molecule has 1 fully saturated rings. The summed E-state index contributed by atoms with van der Waals surface area (Å²) in [6, 6.07) is 1.94. The maximum absolute atomic E-state index is 10.5. The van der Waals surface area contributed by atoms with Crippen molar-refractivity contribution in [2.45, 2.75) is 70.2 Å². The van der Waals surface area contributed by atoms with Crippen LogP contribution in [-0.4, -0.2) is 44.7 Å². The number of halogens is 1. The van der Waals surface area contributed by atoms with E-state index in [0.29, 0.717) is 32.1 Å². The van der Waals surface area contributed by atoms with Gasteiger partial charge in [-0.25, -0.2) is 0 Å². The summed E-state index contributed by atoms with van der Waals surface area (Å²) >= 11 is 7.71. The summed E-state index contributed by atoms with van der Waals surface area (Å²) in [5, 5.41) is 40.2. The molecule has 0 bridgehead atoms. The topological polar surface area (TPSA) is 98.0 Å². The van der Waals surface area contributed by atoms with Crippen molar-refractivity contribution >= 4 is 28.9 Å². The Morgan fingerprint density at radius 3 is 2.76 bits per heavy atom. The molecule has 0 amide bonds. The second kappa shape index (κ2) is 11.9. The predicted octanol–water partition coefficient (Wildman–Crippen LogP) is 4.12. The number of allylic oxidation sites excluding steroid dienone is 2. The molecule has 0 aliphatic heterocycles. The van der Waals surface area contributed by atoms with E-state index in [0.717, 1.165) is 21.2 Å². The Morgan fingerprint density at radius 1 is 1.34 bits per heavy atom. The Labute approximate surface area is 181 Å².